The molecule has 0 amide bonds. The molecule has 0 spiro atoms. The summed E-state index contributed by atoms with van der Waals surface area (Å²) < 4.78 is 4.56. The van der Waals surface area contributed by atoms with Gasteiger partial charge in [0.05, 0.1) is 11.1 Å². The Morgan fingerprint density at radius 2 is 1.65 bits per heavy atom. The Hall–Kier alpha value is -1.56. The summed E-state index contributed by atoms with van der Waals surface area (Å²) in [6.07, 6.45) is -1.44. The van der Waals surface area contributed by atoms with Crippen LogP contribution in [0.4, 0.5) is 4.79 Å². The average molecular weight is 246 g/mol. The summed E-state index contributed by atoms with van der Waals surface area (Å²) in [5, 5.41) is 3.99. The van der Waals surface area contributed by atoms with Crippen LogP contribution in [0.2, 0.25) is 0 Å². The lowest BCUT2D eigenvalue weighted by Crippen LogP contribution is -2.21. The van der Waals surface area contributed by atoms with Gasteiger partial charge in [-0.05, 0) is 19.3 Å². The summed E-state index contributed by atoms with van der Waals surface area (Å²) in [4.78, 5) is 30.4. The third kappa shape index (κ3) is 6.57. The molecule has 6 heteroatoms. The topological polar surface area (TPSA) is 71.1 Å². The van der Waals surface area contributed by atoms with Gasteiger partial charge in [-0.15, -0.1) is 0 Å². The van der Waals surface area contributed by atoms with E-state index in [1.54, 1.807) is 34.6 Å². The molecule has 0 unspecified atom stereocenters. The highest BCUT2D eigenvalue weighted by atomic mass is 17.5. The molecule has 0 heterocycles. The van der Waals surface area contributed by atoms with Gasteiger partial charge in [0.2, 0.25) is 0 Å². The molecule has 0 aromatic carbocycles. The zero-order chi connectivity index (χ0) is 13.6. The number of hydrogen-bond donors (Lipinski definition) is 0. The third-order valence-corrected chi connectivity index (χ3v) is 1.70. The highest BCUT2D eigenvalue weighted by molar-refractivity contribution is 5.88. The van der Waals surface area contributed by atoms with Crippen molar-refractivity contribution in [1.29, 1.82) is 0 Å². The van der Waals surface area contributed by atoms with E-state index in [-0.39, 0.29) is 11.7 Å². The normalized spacial score (nSPS) is 10.9. The van der Waals surface area contributed by atoms with Crippen molar-refractivity contribution in [1.82, 2.24) is 0 Å². The second kappa shape index (κ2) is 6.24. The van der Waals surface area contributed by atoms with Gasteiger partial charge < -0.3 is 4.74 Å². The van der Waals surface area contributed by atoms with Crippen molar-refractivity contribution in [3.8, 4) is 0 Å². The van der Waals surface area contributed by atoms with Crippen molar-refractivity contribution in [2.24, 2.45) is 5.41 Å². The van der Waals surface area contributed by atoms with Crippen molar-refractivity contribution in [2.75, 3.05) is 0 Å². The Morgan fingerprint density at radius 3 is 2.06 bits per heavy atom. The van der Waals surface area contributed by atoms with E-state index in [2.05, 4.69) is 26.1 Å². The smallest absolute Gasteiger partial charge is 0.430 e. The van der Waals surface area contributed by atoms with Crippen molar-refractivity contribution >= 4 is 12.1 Å². The monoisotopic (exact) mass is 246 g/mol. The van der Waals surface area contributed by atoms with Crippen LogP contribution in [-0.4, -0.2) is 18.2 Å². The van der Waals surface area contributed by atoms with Crippen LogP contribution in [0.1, 0.15) is 34.6 Å². The Labute approximate surface area is 100 Å². The zero-order valence-electron chi connectivity index (χ0n) is 10.7. The van der Waals surface area contributed by atoms with Crippen LogP contribution in [-0.2, 0) is 24.3 Å². The van der Waals surface area contributed by atoms with Crippen LogP contribution in [0.3, 0.4) is 0 Å². The first-order chi connectivity index (χ1) is 7.64. The molecule has 0 radical (unpaired) electrons. The standard InChI is InChI=1S/C11H18O6/c1-7(2)14-10(13)16-17-15-9(12)8(3)11(4,5)6/h7H,3H2,1-2,4-6H3. The molecule has 6 nitrogen and oxygen atoms in total. The van der Waals surface area contributed by atoms with E-state index >= 15 is 0 Å². The first-order valence-corrected chi connectivity index (χ1v) is 5.10. The predicted molar refractivity (Wildman–Crippen MR) is 58.5 cm³/mol. The fraction of sp³-hybridized carbons (Fsp3) is 0.636. The molecule has 0 atom stereocenters. The lowest BCUT2D eigenvalue weighted by molar-refractivity contribution is -0.458. The maximum atomic E-state index is 11.3. The first kappa shape index (κ1) is 15.4. The molecule has 0 bridgehead atoms. The van der Waals surface area contributed by atoms with Gasteiger partial charge in [-0.3, -0.25) is 4.89 Å². The zero-order valence-corrected chi connectivity index (χ0v) is 10.7. The highest BCUT2D eigenvalue weighted by Crippen LogP contribution is 2.24. The van der Waals surface area contributed by atoms with Crippen LogP contribution in [0.15, 0.2) is 12.2 Å². The van der Waals surface area contributed by atoms with E-state index in [4.69, 9.17) is 0 Å². The van der Waals surface area contributed by atoms with Gasteiger partial charge in [-0.25, -0.2) is 14.5 Å². The molecule has 0 aromatic rings. The molecule has 0 rings (SSSR count). The van der Waals surface area contributed by atoms with Gasteiger partial charge in [0.25, 0.3) is 0 Å². The molecular weight excluding hydrogens is 228 g/mol. The largest absolute Gasteiger partial charge is 0.543 e. The van der Waals surface area contributed by atoms with E-state index in [0.717, 1.165) is 0 Å². The number of carbonyl (C=O) groups excluding carboxylic acids is 2. The van der Waals surface area contributed by atoms with Crippen LogP contribution in [0.25, 0.3) is 0 Å². The Kier molecular flexibility index (Phi) is 5.67. The minimum absolute atomic E-state index is 0.193. The quantitative estimate of drug-likeness (QED) is 0.328. The Balaban J connectivity index is 3.95. The molecule has 0 saturated heterocycles. The maximum absolute atomic E-state index is 11.3. The highest BCUT2D eigenvalue weighted by Gasteiger charge is 2.24. The lowest BCUT2D eigenvalue weighted by Gasteiger charge is -2.18. The fourth-order valence-corrected chi connectivity index (χ4v) is 0.644. The van der Waals surface area contributed by atoms with Gasteiger partial charge in [-0.2, -0.15) is 0 Å². The number of rotatable bonds is 4. The van der Waals surface area contributed by atoms with E-state index < -0.39 is 17.5 Å². The Bertz CT molecular complexity index is 300. The van der Waals surface area contributed by atoms with Gasteiger partial charge in [0, 0.05) is 5.57 Å². The van der Waals surface area contributed by atoms with E-state index in [1.165, 1.54) is 0 Å². The number of carbonyl (C=O) groups is 2. The molecule has 17 heavy (non-hydrogen) atoms. The third-order valence-electron chi connectivity index (χ3n) is 1.70. The van der Waals surface area contributed by atoms with Gasteiger partial charge >= 0.3 is 12.1 Å². The SMILES string of the molecule is C=C(C(=O)OOOC(=O)OC(C)C)C(C)(C)C. The van der Waals surface area contributed by atoms with E-state index in [0.29, 0.717) is 0 Å². The molecule has 0 fully saturated rings. The second-order valence-electron chi connectivity index (χ2n) is 4.67. The number of ether oxygens (including phenoxy) is 1. The minimum atomic E-state index is -1.09. The van der Waals surface area contributed by atoms with Crippen LogP contribution >= 0.6 is 0 Å². The first-order valence-electron chi connectivity index (χ1n) is 5.10. The molecule has 0 aromatic heterocycles. The molecule has 0 saturated carbocycles. The average Bonchev–Trinajstić information content (AvgIpc) is 2.13. The summed E-state index contributed by atoms with van der Waals surface area (Å²) in [5.74, 6) is -0.810. The second-order valence-corrected chi connectivity index (χ2v) is 4.67. The summed E-state index contributed by atoms with van der Waals surface area (Å²) in [7, 11) is 0. The van der Waals surface area contributed by atoms with Crippen LogP contribution in [0.5, 0.6) is 0 Å². The fourth-order valence-electron chi connectivity index (χ4n) is 0.644. The number of hydrogen-bond acceptors (Lipinski definition) is 6. The molecule has 0 aliphatic heterocycles. The van der Waals surface area contributed by atoms with Gasteiger partial charge in [-0.1, -0.05) is 27.4 Å². The van der Waals surface area contributed by atoms with Crippen molar-refractivity contribution in [3.05, 3.63) is 12.2 Å². The molecular formula is C11H18O6. The summed E-state index contributed by atoms with van der Waals surface area (Å²) in [5.41, 5.74) is -0.267. The molecule has 98 valence electrons. The van der Waals surface area contributed by atoms with E-state index in [9.17, 15) is 9.59 Å². The van der Waals surface area contributed by atoms with Crippen molar-refractivity contribution < 1.29 is 29.1 Å². The molecule has 0 aliphatic carbocycles. The van der Waals surface area contributed by atoms with Crippen molar-refractivity contribution in [2.45, 2.75) is 40.7 Å². The molecule has 0 aliphatic rings. The lowest BCUT2D eigenvalue weighted by atomic mass is 9.88. The molecule has 0 N–H and O–H groups in total. The summed E-state index contributed by atoms with van der Waals surface area (Å²) >= 11 is 0. The van der Waals surface area contributed by atoms with Gasteiger partial charge in [0.15, 0.2) is 0 Å². The van der Waals surface area contributed by atoms with Crippen LogP contribution in [0, 0.1) is 5.41 Å². The minimum Gasteiger partial charge on any atom is -0.430 e. The predicted octanol–water partition coefficient (Wildman–Crippen LogP) is 2.54. The van der Waals surface area contributed by atoms with Crippen molar-refractivity contribution in [3.63, 3.8) is 0 Å². The maximum Gasteiger partial charge on any atom is 0.543 e. The van der Waals surface area contributed by atoms with Crippen LogP contribution < -0.4 is 0 Å². The van der Waals surface area contributed by atoms with Gasteiger partial charge in [0.1, 0.15) is 0 Å². The van der Waals surface area contributed by atoms with E-state index in [1.807, 2.05) is 0 Å². The summed E-state index contributed by atoms with van der Waals surface area (Å²) in [6, 6.07) is 0. The Morgan fingerprint density at radius 1 is 1.12 bits per heavy atom. The summed E-state index contributed by atoms with van der Waals surface area (Å²) in [6.45, 7) is 12.2.